The number of carboxylic acids is 3. The van der Waals surface area contributed by atoms with Crippen LogP contribution in [0.25, 0.3) is 11.0 Å². The van der Waals surface area contributed by atoms with Crippen LogP contribution in [-0.4, -0.2) is 86.9 Å². The molecule has 0 aliphatic carbocycles. The van der Waals surface area contributed by atoms with Crippen molar-refractivity contribution in [3.8, 4) is 0 Å². The zero-order valence-electron chi connectivity index (χ0n) is 27.1. The van der Waals surface area contributed by atoms with Crippen LogP contribution in [0.15, 0.2) is 33.5 Å². The SMILES string of the molecule is CC(=O)N[C@@H](CC(=O)O)C(=O)N[C@@H](CCC(=O)O)C(=O)N[C@H](C(=O)N(c1ccc2c(C(F)(F)F)cc(=O)oc2c1)[C@@H](CC(=O)O)C(N)=O)C(C)C. The topological polar surface area (TPSA) is 293 Å². The van der Waals surface area contributed by atoms with Gasteiger partial charge in [-0.15, -0.1) is 0 Å². The summed E-state index contributed by atoms with van der Waals surface area (Å²) in [7, 11) is 0. The lowest BCUT2D eigenvalue weighted by atomic mass is 9.98. The first-order valence-corrected chi connectivity index (χ1v) is 14.8. The van der Waals surface area contributed by atoms with Crippen LogP contribution in [0.3, 0.4) is 0 Å². The molecule has 1 aromatic carbocycles. The van der Waals surface area contributed by atoms with Gasteiger partial charge in [-0.25, -0.2) is 4.79 Å². The molecule has 5 amide bonds. The van der Waals surface area contributed by atoms with E-state index in [1.165, 1.54) is 13.8 Å². The molecule has 18 nitrogen and oxygen atoms in total. The Kier molecular flexibility index (Phi) is 13.8. The first-order chi connectivity index (χ1) is 23.5. The van der Waals surface area contributed by atoms with E-state index in [1.807, 2.05) is 0 Å². The molecule has 4 atom stereocenters. The third-order valence-electron chi connectivity index (χ3n) is 7.14. The Morgan fingerprint density at radius 3 is 1.94 bits per heavy atom. The minimum atomic E-state index is -5.03. The molecule has 2 aromatic rings. The van der Waals surface area contributed by atoms with Crippen LogP contribution in [0.2, 0.25) is 0 Å². The van der Waals surface area contributed by atoms with Gasteiger partial charge in [0.05, 0.1) is 18.4 Å². The highest BCUT2D eigenvalue weighted by atomic mass is 19.4. The Morgan fingerprint density at radius 1 is 0.863 bits per heavy atom. The molecule has 0 spiro atoms. The van der Waals surface area contributed by atoms with E-state index in [-0.39, 0.29) is 6.07 Å². The van der Waals surface area contributed by atoms with Crippen molar-refractivity contribution in [2.75, 3.05) is 4.90 Å². The average Bonchev–Trinajstić information content (AvgIpc) is 2.98. The largest absolute Gasteiger partial charge is 0.481 e. The van der Waals surface area contributed by atoms with Crippen LogP contribution in [0.1, 0.15) is 52.0 Å². The molecule has 0 aliphatic heterocycles. The number of hydrogen-bond donors (Lipinski definition) is 7. The molecule has 1 aromatic heterocycles. The number of alkyl halides is 3. The second-order valence-electron chi connectivity index (χ2n) is 11.5. The van der Waals surface area contributed by atoms with Crippen molar-refractivity contribution in [3.63, 3.8) is 0 Å². The summed E-state index contributed by atoms with van der Waals surface area (Å²) in [6.07, 6.45) is -8.46. The summed E-state index contributed by atoms with van der Waals surface area (Å²) in [5, 5.41) is 33.7. The van der Waals surface area contributed by atoms with Crippen molar-refractivity contribution in [2.45, 2.75) is 76.8 Å². The first kappa shape index (κ1) is 41.2. The molecule has 0 saturated carbocycles. The van der Waals surface area contributed by atoms with Crippen molar-refractivity contribution < 1.29 is 71.3 Å². The predicted octanol–water partition coefficient (Wildman–Crippen LogP) is -0.0568. The molecule has 51 heavy (non-hydrogen) atoms. The molecule has 0 unspecified atom stereocenters. The van der Waals surface area contributed by atoms with Crippen molar-refractivity contribution >= 4 is 64.1 Å². The lowest BCUT2D eigenvalue weighted by molar-refractivity contribution is -0.141. The predicted molar refractivity (Wildman–Crippen MR) is 166 cm³/mol. The summed E-state index contributed by atoms with van der Waals surface area (Å²) in [4.78, 5) is 111. The second kappa shape index (κ2) is 17.1. The van der Waals surface area contributed by atoms with Crippen LogP contribution < -0.4 is 32.2 Å². The van der Waals surface area contributed by atoms with E-state index in [0.717, 1.165) is 25.1 Å². The summed E-state index contributed by atoms with van der Waals surface area (Å²) in [6, 6.07) is -4.66. The summed E-state index contributed by atoms with van der Waals surface area (Å²) in [5.74, 6) is -11.5. The van der Waals surface area contributed by atoms with Gasteiger partial charge in [0, 0.05) is 36.6 Å². The molecule has 2 rings (SSSR count). The van der Waals surface area contributed by atoms with Crippen LogP contribution in [0.5, 0.6) is 0 Å². The van der Waals surface area contributed by atoms with Gasteiger partial charge in [0.15, 0.2) is 0 Å². The molecule has 278 valence electrons. The number of aliphatic carboxylic acids is 3. The molecule has 0 radical (unpaired) electrons. The zero-order chi connectivity index (χ0) is 39.0. The number of carboxylic acid groups (broad SMARTS) is 3. The van der Waals surface area contributed by atoms with Gasteiger partial charge in [-0.2, -0.15) is 13.2 Å². The number of carbonyl (C=O) groups is 8. The van der Waals surface area contributed by atoms with Crippen LogP contribution in [0.4, 0.5) is 18.9 Å². The molecule has 0 saturated heterocycles. The number of rotatable bonds is 17. The number of carbonyl (C=O) groups excluding carboxylic acids is 5. The average molecular weight is 730 g/mol. The Balaban J connectivity index is 2.66. The summed E-state index contributed by atoms with van der Waals surface area (Å²) in [6.45, 7) is 3.72. The molecule has 0 fully saturated rings. The number of anilines is 1. The lowest BCUT2D eigenvalue weighted by Crippen LogP contribution is -2.60. The molecule has 21 heteroatoms. The van der Waals surface area contributed by atoms with Gasteiger partial charge in [-0.3, -0.25) is 43.3 Å². The van der Waals surface area contributed by atoms with Gasteiger partial charge in [0.1, 0.15) is 29.8 Å². The summed E-state index contributed by atoms with van der Waals surface area (Å²) in [5.41, 5.74) is 1.40. The zero-order valence-corrected chi connectivity index (χ0v) is 27.1. The normalized spacial score (nSPS) is 13.7. The molecular weight excluding hydrogens is 695 g/mol. The Hall–Kier alpha value is -6.02. The highest BCUT2D eigenvalue weighted by Crippen LogP contribution is 2.35. The number of benzene rings is 1. The van der Waals surface area contributed by atoms with E-state index < -0.39 is 137 Å². The fourth-order valence-corrected chi connectivity index (χ4v) is 4.84. The van der Waals surface area contributed by atoms with Gasteiger partial charge in [0.25, 0.3) is 5.91 Å². The molecule has 0 bridgehead atoms. The van der Waals surface area contributed by atoms with Crippen LogP contribution >= 0.6 is 0 Å². The molecule has 8 N–H and O–H groups in total. The quantitative estimate of drug-likeness (QED) is 0.105. The fourth-order valence-electron chi connectivity index (χ4n) is 4.84. The maximum Gasteiger partial charge on any atom is 0.417 e. The second-order valence-corrected chi connectivity index (χ2v) is 11.5. The number of hydrogen-bond acceptors (Lipinski definition) is 10. The van der Waals surface area contributed by atoms with E-state index in [2.05, 4.69) is 16.0 Å². The Bertz CT molecular complexity index is 1760. The Labute approximate surface area is 285 Å². The fraction of sp³-hybridized carbons (Fsp3) is 0.433. The number of nitrogens with one attached hydrogen (secondary N) is 3. The van der Waals surface area contributed by atoms with Gasteiger partial charge in [-0.05, 0) is 24.5 Å². The number of fused-ring (bicyclic) bond motifs is 1. The van der Waals surface area contributed by atoms with Gasteiger partial charge in [0.2, 0.25) is 23.6 Å². The van der Waals surface area contributed by atoms with Crippen molar-refractivity contribution in [3.05, 3.63) is 40.2 Å². The van der Waals surface area contributed by atoms with Gasteiger partial charge in [-0.1, -0.05) is 13.8 Å². The van der Waals surface area contributed by atoms with Crippen molar-refractivity contribution in [1.29, 1.82) is 0 Å². The van der Waals surface area contributed by atoms with Gasteiger partial charge < -0.3 is 41.4 Å². The van der Waals surface area contributed by atoms with E-state index in [0.29, 0.717) is 4.90 Å². The minimum absolute atomic E-state index is 0.186. The third kappa shape index (κ3) is 11.5. The third-order valence-corrected chi connectivity index (χ3v) is 7.14. The smallest absolute Gasteiger partial charge is 0.417 e. The standard InChI is InChI=1S/C30H34F3N5O13/c1-12(2)25(37-27(48)17(6-7-21(40)41)36-28(49)18(10-22(42)43)35-13(3)39)29(50)38(19(26(34)47)11-23(44)45)14-4-5-15-16(30(31,32)33)9-24(46)51-20(15)8-14/h4-5,8-9,12,17-19,25H,6-7,10-11H2,1-3H3,(H2,34,47)(H,35,39)(H,36,49)(H,37,48)(H,40,41)(H,42,43)(H,44,45)/t17-,18-,19-,25-/m0/s1. The minimum Gasteiger partial charge on any atom is -0.481 e. The van der Waals surface area contributed by atoms with Crippen molar-refractivity contribution in [2.24, 2.45) is 11.7 Å². The number of nitrogens with two attached hydrogens (primary N) is 1. The number of halogens is 3. The maximum absolute atomic E-state index is 14.2. The van der Waals surface area contributed by atoms with Gasteiger partial charge >= 0.3 is 29.7 Å². The summed E-state index contributed by atoms with van der Waals surface area (Å²) < 4.78 is 45.9. The molecular formula is C30H34F3N5O13. The number of nitrogens with zero attached hydrogens (tertiary/aromatic N) is 1. The van der Waals surface area contributed by atoms with Crippen molar-refractivity contribution in [1.82, 2.24) is 16.0 Å². The van der Waals surface area contributed by atoms with E-state index in [4.69, 9.17) is 15.3 Å². The monoisotopic (exact) mass is 729 g/mol. The van der Waals surface area contributed by atoms with E-state index in [9.17, 15) is 66.5 Å². The number of primary amides is 1. The van der Waals surface area contributed by atoms with E-state index in [1.54, 1.807) is 0 Å². The summed E-state index contributed by atoms with van der Waals surface area (Å²) >= 11 is 0. The molecule has 0 aliphatic rings. The highest BCUT2D eigenvalue weighted by molar-refractivity contribution is 6.06. The lowest BCUT2D eigenvalue weighted by Gasteiger charge is -2.34. The van der Waals surface area contributed by atoms with Crippen LogP contribution in [0, 0.1) is 5.92 Å². The number of amides is 5. The highest BCUT2D eigenvalue weighted by Gasteiger charge is 2.40. The maximum atomic E-state index is 14.2. The van der Waals surface area contributed by atoms with Crippen LogP contribution in [-0.2, 0) is 44.5 Å². The molecule has 1 heterocycles. The Morgan fingerprint density at radius 2 is 1.45 bits per heavy atom. The first-order valence-electron chi connectivity index (χ1n) is 14.8. The van der Waals surface area contributed by atoms with E-state index >= 15 is 0 Å².